The molecule has 0 radical (unpaired) electrons. The Balaban J connectivity index is 1.79. The van der Waals surface area contributed by atoms with Crippen LogP contribution in [0.3, 0.4) is 0 Å². The Bertz CT molecular complexity index is 420. The number of hydrogen-bond acceptors (Lipinski definition) is 4. The molecular weight excluding hydrogens is 248 g/mol. The van der Waals surface area contributed by atoms with Gasteiger partial charge >= 0.3 is 0 Å². The fourth-order valence-corrected chi connectivity index (χ4v) is 3.29. The number of thiophene rings is 2. The molecule has 0 amide bonds. The molecule has 0 spiro atoms. The smallest absolute Gasteiger partial charge is 0.0351 e. The van der Waals surface area contributed by atoms with E-state index in [-0.39, 0.29) is 0 Å². The van der Waals surface area contributed by atoms with Gasteiger partial charge in [-0.3, -0.25) is 0 Å². The van der Waals surface area contributed by atoms with E-state index in [9.17, 15) is 0 Å². The summed E-state index contributed by atoms with van der Waals surface area (Å²) in [6.45, 7) is 2.83. The first-order valence-corrected chi connectivity index (χ1v) is 7.68. The van der Waals surface area contributed by atoms with Crippen LogP contribution < -0.4 is 11.1 Å². The van der Waals surface area contributed by atoms with Crippen molar-refractivity contribution >= 4 is 22.7 Å². The van der Waals surface area contributed by atoms with E-state index in [4.69, 9.17) is 5.73 Å². The molecule has 0 unspecified atom stereocenters. The zero-order valence-corrected chi connectivity index (χ0v) is 11.4. The second-order valence-electron chi connectivity index (χ2n) is 3.95. The predicted octanol–water partition coefficient (Wildman–Crippen LogP) is 3.31. The summed E-state index contributed by atoms with van der Waals surface area (Å²) in [4.78, 5) is 2.76. The third-order valence-electron chi connectivity index (χ3n) is 2.57. The number of rotatable bonds is 7. The van der Waals surface area contributed by atoms with E-state index >= 15 is 0 Å². The zero-order valence-electron chi connectivity index (χ0n) is 9.82. The zero-order chi connectivity index (χ0) is 11.9. The Hall–Kier alpha value is -0.680. The Morgan fingerprint density at radius 1 is 1.24 bits per heavy atom. The van der Waals surface area contributed by atoms with Crippen LogP contribution in [0.2, 0.25) is 0 Å². The van der Waals surface area contributed by atoms with Gasteiger partial charge in [0.15, 0.2) is 0 Å². The van der Waals surface area contributed by atoms with Gasteiger partial charge in [-0.2, -0.15) is 0 Å². The molecule has 92 valence electrons. The number of nitrogens with one attached hydrogen (secondary N) is 1. The van der Waals surface area contributed by atoms with Crippen LogP contribution in [-0.2, 0) is 6.54 Å². The molecule has 0 aromatic carbocycles. The molecule has 0 atom stereocenters. The number of unbranched alkanes of at least 4 members (excludes halogenated alkanes) is 1. The largest absolute Gasteiger partial charge is 0.330 e. The third-order valence-corrected chi connectivity index (χ3v) is 4.42. The number of nitrogens with two attached hydrogens (primary N) is 1. The molecule has 2 nitrogen and oxygen atoms in total. The average molecular weight is 266 g/mol. The van der Waals surface area contributed by atoms with Crippen molar-refractivity contribution in [1.82, 2.24) is 5.32 Å². The Morgan fingerprint density at radius 2 is 2.18 bits per heavy atom. The summed E-state index contributed by atoms with van der Waals surface area (Å²) in [7, 11) is 0. The molecule has 2 rings (SSSR count). The lowest BCUT2D eigenvalue weighted by molar-refractivity contribution is 0.631. The van der Waals surface area contributed by atoms with E-state index in [1.807, 2.05) is 11.3 Å². The number of hydrogen-bond donors (Lipinski definition) is 2. The monoisotopic (exact) mass is 266 g/mol. The molecule has 0 aliphatic heterocycles. The van der Waals surface area contributed by atoms with Crippen molar-refractivity contribution in [1.29, 1.82) is 0 Å². The van der Waals surface area contributed by atoms with Gasteiger partial charge in [-0.15, -0.1) is 22.7 Å². The molecule has 0 fully saturated rings. The summed E-state index contributed by atoms with van der Waals surface area (Å²) in [5, 5.41) is 7.81. The van der Waals surface area contributed by atoms with Crippen molar-refractivity contribution in [2.75, 3.05) is 13.1 Å². The third kappa shape index (κ3) is 3.92. The van der Waals surface area contributed by atoms with Crippen molar-refractivity contribution in [2.24, 2.45) is 5.73 Å². The molecule has 0 aliphatic carbocycles. The first kappa shape index (κ1) is 12.8. The highest BCUT2D eigenvalue weighted by Gasteiger charge is 2.02. The fourth-order valence-electron chi connectivity index (χ4n) is 1.65. The highest BCUT2D eigenvalue weighted by molar-refractivity contribution is 7.14. The van der Waals surface area contributed by atoms with Crippen LogP contribution in [0.4, 0.5) is 0 Å². The fraction of sp³-hybridized carbons (Fsp3) is 0.385. The summed E-state index contributed by atoms with van der Waals surface area (Å²) in [5.41, 5.74) is 6.81. The van der Waals surface area contributed by atoms with E-state index in [1.54, 1.807) is 11.3 Å². The van der Waals surface area contributed by atoms with Gasteiger partial charge in [0.2, 0.25) is 0 Å². The predicted molar refractivity (Wildman–Crippen MR) is 77.6 cm³/mol. The molecule has 2 aromatic heterocycles. The Morgan fingerprint density at radius 3 is 2.94 bits per heavy atom. The summed E-state index contributed by atoms with van der Waals surface area (Å²) in [5.74, 6) is 0. The van der Waals surface area contributed by atoms with E-state index in [2.05, 4.69) is 34.3 Å². The maximum Gasteiger partial charge on any atom is 0.0351 e. The van der Waals surface area contributed by atoms with Crippen LogP contribution in [-0.4, -0.2) is 13.1 Å². The molecular formula is C13H18N2S2. The summed E-state index contributed by atoms with van der Waals surface area (Å²) in [6.07, 6.45) is 2.28. The Labute approximate surface area is 110 Å². The first-order chi connectivity index (χ1) is 8.40. The highest BCUT2D eigenvalue weighted by Crippen LogP contribution is 2.29. The molecule has 0 saturated carbocycles. The van der Waals surface area contributed by atoms with E-state index < -0.39 is 0 Å². The molecule has 3 N–H and O–H groups in total. The minimum absolute atomic E-state index is 0.795. The van der Waals surface area contributed by atoms with E-state index in [1.165, 1.54) is 21.7 Å². The second kappa shape index (κ2) is 6.91. The van der Waals surface area contributed by atoms with Crippen molar-refractivity contribution in [3.63, 3.8) is 0 Å². The van der Waals surface area contributed by atoms with E-state index in [0.717, 1.165) is 26.1 Å². The quantitative estimate of drug-likeness (QED) is 0.755. The van der Waals surface area contributed by atoms with Gasteiger partial charge in [0.05, 0.1) is 0 Å². The topological polar surface area (TPSA) is 38.0 Å². The van der Waals surface area contributed by atoms with Gasteiger partial charge in [-0.25, -0.2) is 0 Å². The lowest BCUT2D eigenvalue weighted by Crippen LogP contribution is -2.15. The van der Waals surface area contributed by atoms with Gasteiger partial charge in [-0.1, -0.05) is 6.07 Å². The van der Waals surface area contributed by atoms with Gasteiger partial charge in [0.25, 0.3) is 0 Å². The SMILES string of the molecule is NCCCCNCc1cc(-c2cccs2)cs1. The maximum absolute atomic E-state index is 5.45. The van der Waals surface area contributed by atoms with Crippen molar-refractivity contribution in [3.05, 3.63) is 33.8 Å². The molecule has 0 saturated heterocycles. The average Bonchev–Trinajstić information content (AvgIpc) is 2.99. The summed E-state index contributed by atoms with van der Waals surface area (Å²) in [6, 6.07) is 6.56. The highest BCUT2D eigenvalue weighted by atomic mass is 32.1. The standard InChI is InChI=1S/C13H18N2S2/c14-5-1-2-6-15-9-12-8-11(10-17-12)13-4-3-7-16-13/h3-4,7-8,10,15H,1-2,5-6,9,14H2. The molecule has 4 heteroatoms. The molecule has 2 heterocycles. The van der Waals surface area contributed by atoms with Crippen molar-refractivity contribution in [3.8, 4) is 10.4 Å². The molecule has 17 heavy (non-hydrogen) atoms. The van der Waals surface area contributed by atoms with Gasteiger partial charge in [0, 0.05) is 21.9 Å². The minimum atomic E-state index is 0.795. The summed E-state index contributed by atoms with van der Waals surface area (Å²) < 4.78 is 0. The van der Waals surface area contributed by atoms with E-state index in [0.29, 0.717) is 0 Å². The minimum Gasteiger partial charge on any atom is -0.330 e. The van der Waals surface area contributed by atoms with Crippen LogP contribution >= 0.6 is 22.7 Å². The molecule has 0 bridgehead atoms. The maximum atomic E-state index is 5.45. The van der Waals surface area contributed by atoms with Crippen LogP contribution in [0.1, 0.15) is 17.7 Å². The van der Waals surface area contributed by atoms with Crippen molar-refractivity contribution in [2.45, 2.75) is 19.4 Å². The van der Waals surface area contributed by atoms with Gasteiger partial charge in [-0.05, 0) is 48.8 Å². The second-order valence-corrected chi connectivity index (χ2v) is 5.90. The van der Waals surface area contributed by atoms with Gasteiger partial charge < -0.3 is 11.1 Å². The first-order valence-electron chi connectivity index (χ1n) is 5.92. The van der Waals surface area contributed by atoms with Crippen LogP contribution in [0, 0.1) is 0 Å². The van der Waals surface area contributed by atoms with Crippen LogP contribution in [0.25, 0.3) is 10.4 Å². The summed E-state index contributed by atoms with van der Waals surface area (Å²) >= 11 is 3.63. The lowest BCUT2D eigenvalue weighted by Gasteiger charge is -2.01. The Kier molecular flexibility index (Phi) is 5.19. The lowest BCUT2D eigenvalue weighted by atomic mass is 10.2. The van der Waals surface area contributed by atoms with Crippen molar-refractivity contribution < 1.29 is 0 Å². The van der Waals surface area contributed by atoms with Gasteiger partial charge in [0.1, 0.15) is 0 Å². The van der Waals surface area contributed by atoms with Crippen LogP contribution in [0.15, 0.2) is 29.0 Å². The molecule has 0 aliphatic rings. The molecule has 2 aromatic rings. The van der Waals surface area contributed by atoms with Crippen LogP contribution in [0.5, 0.6) is 0 Å². The normalized spacial score (nSPS) is 10.9.